The highest BCUT2D eigenvalue weighted by Crippen LogP contribution is 2.45. The maximum atomic E-state index is 10.5. The maximum Gasteiger partial charge on any atom is 0.166 e. The van der Waals surface area contributed by atoms with Crippen LogP contribution in [-0.2, 0) is 4.79 Å². The zero-order chi connectivity index (χ0) is 6.78. The summed E-state index contributed by atoms with van der Waals surface area (Å²) in [6.07, 6.45) is 0.799. The minimum atomic E-state index is -0.821. The first-order valence-electron chi connectivity index (χ1n) is 2.72. The third kappa shape index (κ3) is 11.6. The predicted octanol–water partition coefficient (Wildman–Crippen LogP) is 1.93. The Bertz CT molecular complexity index is 91.6. The minimum Gasteiger partial charge on any atom is -0.358 e. The third-order valence-electron chi connectivity index (χ3n) is 0.697. The number of carbonyl (C=O) groups excluding carboxylic acids is 1. The Morgan fingerprint density at radius 2 is 1.67 bits per heavy atom. The van der Waals surface area contributed by atoms with Crippen molar-refractivity contribution in [2.75, 3.05) is 26.2 Å². The van der Waals surface area contributed by atoms with Crippen molar-refractivity contribution in [1.82, 2.24) is 0 Å². The Hall–Kier alpha value is 0.100. The number of hydrogen-bond donors (Lipinski definition) is 0. The van der Waals surface area contributed by atoms with Gasteiger partial charge in [-0.3, -0.25) is 4.79 Å². The van der Waals surface area contributed by atoms with E-state index in [-0.39, 0.29) is 7.43 Å². The lowest BCUT2D eigenvalue weighted by Crippen LogP contribution is -2.01. The fourth-order valence-electron chi connectivity index (χ4n) is 0.668. The van der Waals surface area contributed by atoms with E-state index in [2.05, 4.69) is 20.0 Å². The summed E-state index contributed by atoms with van der Waals surface area (Å²) >= 11 is 0. The molecule has 0 N–H and O–H groups in total. The summed E-state index contributed by atoms with van der Waals surface area (Å²) in [5, 5.41) is 0. The second kappa shape index (κ2) is 4.00. The molecule has 0 radical (unpaired) electrons. The van der Waals surface area contributed by atoms with Gasteiger partial charge in [0, 0.05) is 27.3 Å². The molecule has 0 aromatic rings. The van der Waals surface area contributed by atoms with Crippen LogP contribution in [0, 0.1) is 7.43 Å². The SMILES string of the molecule is CC(=O)C[P+](C)(C)C.[CH3-]. The van der Waals surface area contributed by atoms with Gasteiger partial charge >= 0.3 is 0 Å². The molecular weight excluding hydrogens is 131 g/mol. The largest absolute Gasteiger partial charge is 0.358 e. The fraction of sp³-hybridized carbons (Fsp3) is 0.714. The average molecular weight is 148 g/mol. The van der Waals surface area contributed by atoms with E-state index in [1.807, 2.05) is 0 Å². The molecule has 2 heteroatoms. The molecule has 0 saturated carbocycles. The number of hydrogen-bond acceptors (Lipinski definition) is 1. The van der Waals surface area contributed by atoms with Gasteiger partial charge in [0.05, 0.1) is 0 Å². The molecular formula is C7H17OP. The topological polar surface area (TPSA) is 17.1 Å². The first-order chi connectivity index (χ1) is 3.42. The van der Waals surface area contributed by atoms with Crippen molar-refractivity contribution in [2.45, 2.75) is 6.92 Å². The summed E-state index contributed by atoms with van der Waals surface area (Å²) in [5.74, 6) is 0.325. The average Bonchev–Trinajstić information content (AvgIpc) is 1.21. The van der Waals surface area contributed by atoms with Gasteiger partial charge in [0.2, 0.25) is 0 Å². The van der Waals surface area contributed by atoms with E-state index in [1.54, 1.807) is 6.92 Å². The van der Waals surface area contributed by atoms with E-state index >= 15 is 0 Å². The second-order valence-corrected chi connectivity index (χ2v) is 8.05. The van der Waals surface area contributed by atoms with E-state index in [9.17, 15) is 4.79 Å². The summed E-state index contributed by atoms with van der Waals surface area (Å²) in [7, 11) is -0.821. The van der Waals surface area contributed by atoms with Crippen molar-refractivity contribution >= 4 is 13.0 Å². The van der Waals surface area contributed by atoms with Crippen molar-refractivity contribution in [3.63, 3.8) is 0 Å². The highest BCUT2D eigenvalue weighted by Gasteiger charge is 2.18. The lowest BCUT2D eigenvalue weighted by Gasteiger charge is -2.07. The standard InChI is InChI=1S/C6H14OP.CH3/c1-6(7)5-8(2,3)4;/h5H2,1-4H3;1H3/q+1;-1. The third-order valence-corrected chi connectivity index (χ3v) is 2.09. The van der Waals surface area contributed by atoms with Gasteiger partial charge < -0.3 is 7.43 Å². The Morgan fingerprint density at radius 1 is 1.33 bits per heavy atom. The Morgan fingerprint density at radius 3 is 1.67 bits per heavy atom. The highest BCUT2D eigenvalue weighted by atomic mass is 31.2. The molecule has 0 saturated heterocycles. The zero-order valence-electron chi connectivity index (χ0n) is 7.06. The molecule has 0 aliphatic heterocycles. The van der Waals surface area contributed by atoms with Crippen LogP contribution in [0.25, 0.3) is 0 Å². The van der Waals surface area contributed by atoms with Crippen molar-refractivity contribution in [3.05, 3.63) is 7.43 Å². The zero-order valence-corrected chi connectivity index (χ0v) is 7.96. The molecule has 0 aromatic heterocycles. The first-order valence-corrected chi connectivity index (χ1v) is 6.03. The van der Waals surface area contributed by atoms with Crippen LogP contribution in [0.5, 0.6) is 0 Å². The molecule has 0 aliphatic rings. The smallest absolute Gasteiger partial charge is 0.166 e. The van der Waals surface area contributed by atoms with Gasteiger partial charge in [-0.25, -0.2) is 0 Å². The summed E-state index contributed by atoms with van der Waals surface area (Å²) in [6, 6.07) is 0. The van der Waals surface area contributed by atoms with Gasteiger partial charge in [0.1, 0.15) is 6.16 Å². The number of Topliss-reactive ketones (excluding diaryl/α,β-unsaturated/α-hetero) is 1. The van der Waals surface area contributed by atoms with Crippen LogP contribution in [0.1, 0.15) is 6.92 Å². The first kappa shape index (κ1) is 11.8. The molecule has 0 fully saturated rings. The number of ketones is 1. The normalized spacial score (nSPS) is 10.2. The molecule has 0 aliphatic carbocycles. The van der Waals surface area contributed by atoms with E-state index in [4.69, 9.17) is 0 Å². The second-order valence-electron chi connectivity index (χ2n) is 3.15. The van der Waals surface area contributed by atoms with Crippen molar-refractivity contribution < 1.29 is 4.79 Å². The quantitative estimate of drug-likeness (QED) is 0.432. The Kier molecular flexibility index (Phi) is 5.27. The molecule has 56 valence electrons. The molecule has 0 heterocycles. The van der Waals surface area contributed by atoms with Gasteiger partial charge in [0.15, 0.2) is 5.78 Å². The van der Waals surface area contributed by atoms with Crippen molar-refractivity contribution in [1.29, 1.82) is 0 Å². The lowest BCUT2D eigenvalue weighted by atomic mass is 10.5. The van der Waals surface area contributed by atoms with Crippen LogP contribution in [0.4, 0.5) is 0 Å². The molecule has 0 atom stereocenters. The molecule has 1 nitrogen and oxygen atoms in total. The Labute approximate surface area is 59.2 Å². The van der Waals surface area contributed by atoms with Crippen molar-refractivity contribution in [2.24, 2.45) is 0 Å². The summed E-state index contributed by atoms with van der Waals surface area (Å²) in [6.45, 7) is 8.18. The monoisotopic (exact) mass is 148 g/mol. The van der Waals surface area contributed by atoms with Gasteiger partial charge in [-0.15, -0.1) is 0 Å². The van der Waals surface area contributed by atoms with Gasteiger partial charge in [-0.1, -0.05) is 0 Å². The number of rotatable bonds is 2. The molecule has 0 amide bonds. The predicted molar refractivity (Wildman–Crippen MR) is 46.7 cm³/mol. The van der Waals surface area contributed by atoms with E-state index < -0.39 is 7.26 Å². The molecule has 0 spiro atoms. The molecule has 0 aromatic carbocycles. The summed E-state index contributed by atoms with van der Waals surface area (Å²) < 4.78 is 0. The number of carbonyl (C=O) groups is 1. The van der Waals surface area contributed by atoms with E-state index in [0.717, 1.165) is 6.16 Å². The molecule has 0 rings (SSSR count). The molecule has 9 heavy (non-hydrogen) atoms. The molecule has 0 unspecified atom stereocenters. The van der Waals surface area contributed by atoms with E-state index in [1.165, 1.54) is 0 Å². The Balaban J connectivity index is 0. The van der Waals surface area contributed by atoms with Crippen LogP contribution in [-0.4, -0.2) is 31.9 Å². The molecule has 0 bridgehead atoms. The van der Waals surface area contributed by atoms with Crippen LogP contribution in [0.2, 0.25) is 0 Å². The van der Waals surface area contributed by atoms with Gasteiger partial charge in [-0.2, -0.15) is 0 Å². The van der Waals surface area contributed by atoms with Crippen LogP contribution >= 0.6 is 7.26 Å². The van der Waals surface area contributed by atoms with Gasteiger partial charge in [0.25, 0.3) is 0 Å². The van der Waals surface area contributed by atoms with Crippen LogP contribution in [0.3, 0.4) is 0 Å². The summed E-state index contributed by atoms with van der Waals surface area (Å²) in [4.78, 5) is 10.5. The van der Waals surface area contributed by atoms with E-state index in [0.29, 0.717) is 5.78 Å². The van der Waals surface area contributed by atoms with Gasteiger partial charge in [-0.05, 0) is 6.92 Å². The van der Waals surface area contributed by atoms with Crippen LogP contribution < -0.4 is 0 Å². The highest BCUT2D eigenvalue weighted by molar-refractivity contribution is 7.74. The summed E-state index contributed by atoms with van der Waals surface area (Å²) in [5.41, 5.74) is 0. The lowest BCUT2D eigenvalue weighted by molar-refractivity contribution is -0.114. The van der Waals surface area contributed by atoms with Crippen LogP contribution in [0.15, 0.2) is 0 Å². The minimum absolute atomic E-state index is 0. The maximum absolute atomic E-state index is 10.5. The fourth-order valence-corrected chi connectivity index (χ4v) is 2.00. The van der Waals surface area contributed by atoms with Crippen molar-refractivity contribution in [3.8, 4) is 0 Å².